The van der Waals surface area contributed by atoms with Gasteiger partial charge in [0.25, 0.3) is 0 Å². The normalized spacial score (nSPS) is 13.5. The van der Waals surface area contributed by atoms with Crippen molar-refractivity contribution in [2.24, 2.45) is 11.3 Å². The van der Waals surface area contributed by atoms with Gasteiger partial charge in [0.1, 0.15) is 0 Å². The molecule has 15 heavy (non-hydrogen) atoms. The first-order valence-electron chi connectivity index (χ1n) is 5.21. The zero-order valence-electron chi connectivity index (χ0n) is 9.62. The Balaban J connectivity index is 3.84. The third-order valence-corrected chi connectivity index (χ3v) is 2.69. The van der Waals surface area contributed by atoms with Gasteiger partial charge in [-0.3, -0.25) is 9.59 Å². The smallest absolute Gasteiger partial charge is 0.309 e. The lowest BCUT2D eigenvalue weighted by molar-refractivity contribution is -0.147. The Kier molecular flexibility index (Phi) is 5.33. The fraction of sp³-hybridized carbons (Fsp3) is 0.818. The highest BCUT2D eigenvalue weighted by molar-refractivity contribution is 5.73. The van der Waals surface area contributed by atoms with E-state index in [0.717, 1.165) is 6.42 Å². The largest absolute Gasteiger partial charge is 0.481 e. The zero-order valence-corrected chi connectivity index (χ0v) is 9.62. The molecule has 0 aromatic carbocycles. The monoisotopic (exact) mass is 216 g/mol. The molecule has 0 rings (SSSR count). The lowest BCUT2D eigenvalue weighted by atomic mass is 9.84. The van der Waals surface area contributed by atoms with E-state index in [-0.39, 0.29) is 12.3 Å². The van der Waals surface area contributed by atoms with Gasteiger partial charge >= 0.3 is 11.9 Å². The maximum atomic E-state index is 10.8. The summed E-state index contributed by atoms with van der Waals surface area (Å²) in [5, 5.41) is 17.4. The van der Waals surface area contributed by atoms with E-state index < -0.39 is 17.4 Å². The van der Waals surface area contributed by atoms with Crippen LogP contribution >= 0.6 is 0 Å². The van der Waals surface area contributed by atoms with Crippen molar-refractivity contribution in [2.75, 3.05) is 0 Å². The van der Waals surface area contributed by atoms with Crippen LogP contribution in [0.15, 0.2) is 0 Å². The highest BCUT2D eigenvalue weighted by Crippen LogP contribution is 2.26. The van der Waals surface area contributed by atoms with E-state index in [9.17, 15) is 9.59 Å². The second-order valence-electron chi connectivity index (χ2n) is 4.77. The van der Waals surface area contributed by atoms with Crippen molar-refractivity contribution in [3.05, 3.63) is 0 Å². The van der Waals surface area contributed by atoms with Gasteiger partial charge in [-0.05, 0) is 39.0 Å². The summed E-state index contributed by atoms with van der Waals surface area (Å²) in [7, 11) is 0. The molecule has 0 radical (unpaired) electrons. The molecule has 0 heterocycles. The van der Waals surface area contributed by atoms with Gasteiger partial charge in [0.05, 0.1) is 5.41 Å². The van der Waals surface area contributed by atoms with Crippen LogP contribution < -0.4 is 0 Å². The Hall–Kier alpha value is -1.06. The van der Waals surface area contributed by atoms with Crippen LogP contribution in [0.1, 0.15) is 46.5 Å². The average molecular weight is 216 g/mol. The maximum absolute atomic E-state index is 10.8. The van der Waals surface area contributed by atoms with Crippen LogP contribution in [0.4, 0.5) is 0 Å². The van der Waals surface area contributed by atoms with Gasteiger partial charge in [-0.2, -0.15) is 0 Å². The standard InChI is InChI=1S/C11H20O4/c1-8(4-5-9(12)13)6-7-11(2,3)10(14)15/h8H,4-7H2,1-3H3,(H,12,13)(H,14,15). The van der Waals surface area contributed by atoms with E-state index >= 15 is 0 Å². The Morgan fingerprint density at radius 3 is 2.13 bits per heavy atom. The quantitative estimate of drug-likeness (QED) is 0.685. The molecule has 0 amide bonds. The Morgan fingerprint density at radius 2 is 1.73 bits per heavy atom. The molecule has 0 fully saturated rings. The van der Waals surface area contributed by atoms with E-state index in [1.807, 2.05) is 6.92 Å². The van der Waals surface area contributed by atoms with Crippen LogP contribution in [0.25, 0.3) is 0 Å². The minimum absolute atomic E-state index is 0.161. The molecule has 1 unspecified atom stereocenters. The Labute approximate surface area is 90.3 Å². The lowest BCUT2D eigenvalue weighted by Gasteiger charge is -2.20. The van der Waals surface area contributed by atoms with Crippen LogP contribution in [-0.4, -0.2) is 22.2 Å². The zero-order chi connectivity index (χ0) is 12.1. The molecule has 2 N–H and O–H groups in total. The lowest BCUT2D eigenvalue weighted by Crippen LogP contribution is -2.24. The molecule has 4 nitrogen and oxygen atoms in total. The summed E-state index contributed by atoms with van der Waals surface area (Å²) in [5.74, 6) is -1.33. The number of hydrogen-bond donors (Lipinski definition) is 2. The minimum Gasteiger partial charge on any atom is -0.481 e. The molecule has 0 aromatic heterocycles. The van der Waals surface area contributed by atoms with Crippen LogP contribution in [-0.2, 0) is 9.59 Å². The van der Waals surface area contributed by atoms with Crippen molar-refractivity contribution < 1.29 is 19.8 Å². The summed E-state index contributed by atoms with van der Waals surface area (Å²) in [6.07, 6.45) is 2.12. The number of carbonyl (C=O) groups is 2. The van der Waals surface area contributed by atoms with Gasteiger partial charge in [-0.1, -0.05) is 6.92 Å². The van der Waals surface area contributed by atoms with Crippen LogP contribution in [0, 0.1) is 11.3 Å². The third-order valence-electron chi connectivity index (χ3n) is 2.69. The summed E-state index contributed by atoms with van der Waals surface area (Å²) in [6.45, 7) is 5.35. The molecule has 0 aromatic rings. The number of rotatable bonds is 7. The van der Waals surface area contributed by atoms with Crippen LogP contribution in [0.2, 0.25) is 0 Å². The molecule has 0 aliphatic rings. The number of aliphatic carboxylic acids is 2. The Morgan fingerprint density at radius 1 is 1.20 bits per heavy atom. The van der Waals surface area contributed by atoms with Crippen molar-refractivity contribution in [3.8, 4) is 0 Å². The summed E-state index contributed by atoms with van der Waals surface area (Å²) >= 11 is 0. The molecular weight excluding hydrogens is 196 g/mol. The average Bonchev–Trinajstić information content (AvgIpc) is 2.11. The summed E-state index contributed by atoms with van der Waals surface area (Å²) in [6, 6.07) is 0. The van der Waals surface area contributed by atoms with Gasteiger partial charge < -0.3 is 10.2 Å². The van der Waals surface area contributed by atoms with E-state index in [2.05, 4.69) is 0 Å². The fourth-order valence-corrected chi connectivity index (χ4v) is 1.23. The summed E-state index contributed by atoms with van der Waals surface area (Å²) in [4.78, 5) is 21.1. The third kappa shape index (κ3) is 6.10. The molecule has 0 saturated heterocycles. The van der Waals surface area contributed by atoms with E-state index in [0.29, 0.717) is 12.8 Å². The molecular formula is C11H20O4. The van der Waals surface area contributed by atoms with Gasteiger partial charge in [0.15, 0.2) is 0 Å². The van der Waals surface area contributed by atoms with Crippen LogP contribution in [0.3, 0.4) is 0 Å². The van der Waals surface area contributed by atoms with Crippen molar-refractivity contribution in [3.63, 3.8) is 0 Å². The van der Waals surface area contributed by atoms with Crippen molar-refractivity contribution in [1.82, 2.24) is 0 Å². The minimum atomic E-state index is -0.798. The topological polar surface area (TPSA) is 74.6 Å². The van der Waals surface area contributed by atoms with Crippen molar-refractivity contribution >= 4 is 11.9 Å². The number of carboxylic acids is 2. The highest BCUT2D eigenvalue weighted by atomic mass is 16.4. The van der Waals surface area contributed by atoms with Crippen LogP contribution in [0.5, 0.6) is 0 Å². The highest BCUT2D eigenvalue weighted by Gasteiger charge is 2.27. The first-order chi connectivity index (χ1) is 6.75. The maximum Gasteiger partial charge on any atom is 0.309 e. The summed E-state index contributed by atoms with van der Waals surface area (Å²) in [5.41, 5.74) is -0.711. The molecule has 0 spiro atoms. The fourth-order valence-electron chi connectivity index (χ4n) is 1.23. The van der Waals surface area contributed by atoms with E-state index in [4.69, 9.17) is 10.2 Å². The van der Waals surface area contributed by atoms with Gasteiger partial charge in [-0.15, -0.1) is 0 Å². The van der Waals surface area contributed by atoms with Gasteiger partial charge in [0, 0.05) is 6.42 Å². The van der Waals surface area contributed by atoms with Gasteiger partial charge in [0.2, 0.25) is 0 Å². The second kappa shape index (κ2) is 5.73. The molecule has 0 aliphatic carbocycles. The predicted molar refractivity (Wildman–Crippen MR) is 56.7 cm³/mol. The molecule has 0 bridgehead atoms. The molecule has 0 saturated carbocycles. The molecule has 0 aliphatic heterocycles. The van der Waals surface area contributed by atoms with Crippen molar-refractivity contribution in [2.45, 2.75) is 46.5 Å². The predicted octanol–water partition coefficient (Wildman–Crippen LogP) is 2.38. The van der Waals surface area contributed by atoms with Gasteiger partial charge in [-0.25, -0.2) is 0 Å². The molecule has 1 atom stereocenters. The first kappa shape index (κ1) is 13.9. The molecule has 88 valence electrons. The van der Waals surface area contributed by atoms with E-state index in [1.165, 1.54) is 0 Å². The number of hydrogen-bond acceptors (Lipinski definition) is 2. The first-order valence-corrected chi connectivity index (χ1v) is 5.21. The number of carboxylic acid groups (broad SMARTS) is 2. The molecule has 4 heteroatoms. The van der Waals surface area contributed by atoms with E-state index in [1.54, 1.807) is 13.8 Å². The second-order valence-corrected chi connectivity index (χ2v) is 4.77. The SMILES string of the molecule is CC(CCC(=O)O)CCC(C)(C)C(=O)O. The Bertz CT molecular complexity index is 233. The van der Waals surface area contributed by atoms with Crippen molar-refractivity contribution in [1.29, 1.82) is 0 Å². The summed E-state index contributed by atoms with van der Waals surface area (Å²) < 4.78 is 0.